The Kier molecular flexibility index (Phi) is 2.57. The van der Waals surface area contributed by atoms with E-state index in [2.05, 4.69) is 5.32 Å². The monoisotopic (exact) mass is 172 g/mol. The molecule has 1 fully saturated rings. The third-order valence-electron chi connectivity index (χ3n) is 2.18. The summed E-state index contributed by atoms with van der Waals surface area (Å²) in [6, 6.07) is -0.221. The first-order chi connectivity index (χ1) is 5.57. The van der Waals surface area contributed by atoms with E-state index in [1.807, 2.05) is 20.8 Å². The smallest absolute Gasteiger partial charge is 0.320 e. The highest BCUT2D eigenvalue weighted by molar-refractivity contribution is 5.77. The predicted octanol–water partition coefficient (Wildman–Crippen LogP) is 0.517. The molecule has 1 saturated heterocycles. The van der Waals surface area contributed by atoms with E-state index in [1.54, 1.807) is 0 Å². The Morgan fingerprint density at radius 1 is 1.67 bits per heavy atom. The van der Waals surface area contributed by atoms with Crippen LogP contribution in [0, 0.1) is 0 Å². The van der Waals surface area contributed by atoms with Gasteiger partial charge in [-0.2, -0.15) is 0 Å². The number of urea groups is 1. The van der Waals surface area contributed by atoms with Crippen molar-refractivity contribution in [2.45, 2.75) is 45.5 Å². The van der Waals surface area contributed by atoms with E-state index in [9.17, 15) is 9.90 Å². The SMILES string of the molecule is CC[C@H]1NC(=O)N(C(C)C)C1O. The van der Waals surface area contributed by atoms with Gasteiger partial charge in [-0.25, -0.2) is 4.79 Å². The summed E-state index contributed by atoms with van der Waals surface area (Å²) < 4.78 is 0. The number of hydrogen-bond acceptors (Lipinski definition) is 2. The fourth-order valence-electron chi connectivity index (χ4n) is 1.47. The van der Waals surface area contributed by atoms with Crippen LogP contribution in [0.2, 0.25) is 0 Å². The molecule has 0 radical (unpaired) electrons. The van der Waals surface area contributed by atoms with Gasteiger partial charge in [-0.3, -0.25) is 4.90 Å². The van der Waals surface area contributed by atoms with Crippen LogP contribution in [0.15, 0.2) is 0 Å². The van der Waals surface area contributed by atoms with Gasteiger partial charge in [-0.1, -0.05) is 6.92 Å². The van der Waals surface area contributed by atoms with Crippen molar-refractivity contribution < 1.29 is 9.90 Å². The summed E-state index contributed by atoms with van der Waals surface area (Å²) in [6.07, 6.45) is 0.0957. The molecule has 1 heterocycles. The van der Waals surface area contributed by atoms with Crippen LogP contribution in [0.5, 0.6) is 0 Å². The van der Waals surface area contributed by atoms with E-state index >= 15 is 0 Å². The molecular formula is C8H16N2O2. The van der Waals surface area contributed by atoms with Crippen LogP contribution in [-0.2, 0) is 0 Å². The molecule has 2 atom stereocenters. The minimum atomic E-state index is -0.664. The largest absolute Gasteiger partial charge is 0.371 e. The second-order valence-electron chi connectivity index (χ2n) is 3.38. The minimum absolute atomic E-state index is 0.0524. The number of nitrogens with one attached hydrogen (secondary N) is 1. The Morgan fingerprint density at radius 2 is 2.25 bits per heavy atom. The molecule has 2 amide bonds. The third-order valence-corrected chi connectivity index (χ3v) is 2.18. The second kappa shape index (κ2) is 3.31. The topological polar surface area (TPSA) is 52.6 Å². The number of hydrogen-bond donors (Lipinski definition) is 2. The average Bonchev–Trinajstić information content (AvgIpc) is 2.25. The van der Waals surface area contributed by atoms with Crippen molar-refractivity contribution in [2.75, 3.05) is 0 Å². The van der Waals surface area contributed by atoms with Gasteiger partial charge in [0.15, 0.2) is 6.23 Å². The summed E-state index contributed by atoms with van der Waals surface area (Å²) >= 11 is 0. The molecule has 4 heteroatoms. The fraction of sp³-hybridized carbons (Fsp3) is 0.875. The van der Waals surface area contributed by atoms with E-state index in [4.69, 9.17) is 0 Å². The summed E-state index contributed by atoms with van der Waals surface area (Å²) in [4.78, 5) is 12.7. The number of aliphatic hydroxyl groups excluding tert-OH is 1. The number of aliphatic hydroxyl groups is 1. The first-order valence-corrected chi connectivity index (χ1v) is 4.34. The molecule has 1 rings (SSSR count). The average molecular weight is 172 g/mol. The Balaban J connectivity index is 2.70. The van der Waals surface area contributed by atoms with Gasteiger partial charge >= 0.3 is 6.03 Å². The Labute approximate surface area is 72.6 Å². The molecule has 0 saturated carbocycles. The highest BCUT2D eigenvalue weighted by Gasteiger charge is 2.37. The quantitative estimate of drug-likeness (QED) is 0.638. The van der Waals surface area contributed by atoms with Gasteiger partial charge in [0.05, 0.1) is 6.04 Å². The summed E-state index contributed by atoms with van der Waals surface area (Å²) in [7, 11) is 0. The minimum Gasteiger partial charge on any atom is -0.371 e. The van der Waals surface area contributed by atoms with Crippen LogP contribution in [0.4, 0.5) is 4.79 Å². The number of rotatable bonds is 2. The van der Waals surface area contributed by atoms with E-state index in [1.165, 1.54) is 4.90 Å². The number of carbonyl (C=O) groups excluding carboxylic acids is 1. The Morgan fingerprint density at radius 3 is 2.50 bits per heavy atom. The van der Waals surface area contributed by atoms with Crippen LogP contribution < -0.4 is 5.32 Å². The summed E-state index contributed by atoms with van der Waals surface area (Å²) in [6.45, 7) is 5.72. The molecule has 4 nitrogen and oxygen atoms in total. The van der Waals surface area contributed by atoms with Crippen molar-refractivity contribution in [3.8, 4) is 0 Å². The Hall–Kier alpha value is -0.770. The first-order valence-electron chi connectivity index (χ1n) is 4.34. The zero-order valence-electron chi connectivity index (χ0n) is 7.74. The van der Waals surface area contributed by atoms with Gasteiger partial charge in [0.25, 0.3) is 0 Å². The lowest BCUT2D eigenvalue weighted by Crippen LogP contribution is -2.40. The molecule has 70 valence electrons. The molecule has 0 spiro atoms. The van der Waals surface area contributed by atoms with Gasteiger partial charge in [0.1, 0.15) is 0 Å². The molecule has 0 aromatic carbocycles. The van der Waals surface area contributed by atoms with Crippen molar-refractivity contribution in [2.24, 2.45) is 0 Å². The molecule has 1 aliphatic rings. The maximum absolute atomic E-state index is 11.3. The van der Waals surface area contributed by atoms with Crippen LogP contribution in [0.25, 0.3) is 0 Å². The lowest BCUT2D eigenvalue weighted by Gasteiger charge is -2.24. The van der Waals surface area contributed by atoms with Gasteiger partial charge in [-0.15, -0.1) is 0 Å². The normalized spacial score (nSPS) is 29.8. The van der Waals surface area contributed by atoms with Crippen molar-refractivity contribution in [3.63, 3.8) is 0 Å². The van der Waals surface area contributed by atoms with Gasteiger partial charge in [0.2, 0.25) is 0 Å². The molecule has 0 aromatic heterocycles. The Bertz CT molecular complexity index is 182. The van der Waals surface area contributed by atoms with E-state index in [0.29, 0.717) is 0 Å². The standard InChI is InChI=1S/C8H16N2O2/c1-4-6-7(11)10(5(2)3)8(12)9-6/h5-7,11H,4H2,1-3H3,(H,9,12)/t6-,7?/m1/s1. The lowest BCUT2D eigenvalue weighted by atomic mass is 10.2. The van der Waals surface area contributed by atoms with Crippen LogP contribution in [0.3, 0.4) is 0 Å². The number of nitrogens with zero attached hydrogens (tertiary/aromatic N) is 1. The van der Waals surface area contributed by atoms with Gasteiger partial charge in [-0.05, 0) is 20.3 Å². The van der Waals surface area contributed by atoms with E-state index in [0.717, 1.165) is 6.42 Å². The predicted molar refractivity (Wildman–Crippen MR) is 45.6 cm³/mol. The highest BCUT2D eigenvalue weighted by atomic mass is 16.3. The van der Waals surface area contributed by atoms with Crippen LogP contribution in [0.1, 0.15) is 27.2 Å². The van der Waals surface area contributed by atoms with E-state index in [-0.39, 0.29) is 18.1 Å². The van der Waals surface area contributed by atoms with Crippen molar-refractivity contribution >= 4 is 6.03 Å². The zero-order chi connectivity index (χ0) is 9.30. The number of carbonyl (C=O) groups is 1. The second-order valence-corrected chi connectivity index (χ2v) is 3.38. The van der Waals surface area contributed by atoms with Crippen molar-refractivity contribution in [1.82, 2.24) is 10.2 Å². The lowest BCUT2D eigenvalue weighted by molar-refractivity contribution is 0.0244. The molecular weight excluding hydrogens is 156 g/mol. The molecule has 0 aliphatic carbocycles. The van der Waals surface area contributed by atoms with Crippen molar-refractivity contribution in [3.05, 3.63) is 0 Å². The molecule has 2 N–H and O–H groups in total. The van der Waals surface area contributed by atoms with Crippen LogP contribution in [-0.4, -0.2) is 34.3 Å². The first kappa shape index (κ1) is 9.32. The fourth-order valence-corrected chi connectivity index (χ4v) is 1.47. The van der Waals surface area contributed by atoms with E-state index < -0.39 is 6.23 Å². The highest BCUT2D eigenvalue weighted by Crippen LogP contribution is 2.16. The van der Waals surface area contributed by atoms with Gasteiger partial charge < -0.3 is 10.4 Å². The van der Waals surface area contributed by atoms with Crippen molar-refractivity contribution in [1.29, 1.82) is 0 Å². The zero-order valence-corrected chi connectivity index (χ0v) is 7.74. The molecule has 1 unspecified atom stereocenters. The molecule has 1 aliphatic heterocycles. The molecule has 0 bridgehead atoms. The maximum atomic E-state index is 11.3. The summed E-state index contributed by atoms with van der Waals surface area (Å²) in [5.41, 5.74) is 0. The summed E-state index contributed by atoms with van der Waals surface area (Å²) in [5, 5.41) is 12.4. The third kappa shape index (κ3) is 1.39. The molecule has 0 aromatic rings. The molecule has 12 heavy (non-hydrogen) atoms. The summed E-state index contributed by atoms with van der Waals surface area (Å²) in [5.74, 6) is 0. The van der Waals surface area contributed by atoms with Crippen LogP contribution >= 0.6 is 0 Å². The number of amides is 2. The van der Waals surface area contributed by atoms with Gasteiger partial charge in [0, 0.05) is 6.04 Å². The maximum Gasteiger partial charge on any atom is 0.320 e.